The highest BCUT2D eigenvalue weighted by molar-refractivity contribution is 5.84. The minimum atomic E-state index is -0.406. The topological polar surface area (TPSA) is 122 Å². The summed E-state index contributed by atoms with van der Waals surface area (Å²) in [5, 5.41) is 14.3. The lowest BCUT2D eigenvalue weighted by Gasteiger charge is -2.35. The lowest BCUT2D eigenvalue weighted by Crippen LogP contribution is -2.49. The second kappa shape index (κ2) is 11.6. The van der Waals surface area contributed by atoms with Crippen LogP contribution in [0, 0.1) is 16.0 Å². The van der Waals surface area contributed by atoms with Gasteiger partial charge in [0.05, 0.1) is 17.8 Å². The van der Waals surface area contributed by atoms with Crippen LogP contribution in [0.5, 0.6) is 0 Å². The van der Waals surface area contributed by atoms with Gasteiger partial charge in [0.25, 0.3) is 5.69 Å². The summed E-state index contributed by atoms with van der Waals surface area (Å²) in [4.78, 5) is 41.7. The number of benzene rings is 1. The Morgan fingerprint density at radius 3 is 2.55 bits per heavy atom. The normalized spacial score (nSPS) is 16.2. The predicted molar refractivity (Wildman–Crippen MR) is 146 cm³/mol. The van der Waals surface area contributed by atoms with Gasteiger partial charge in [-0.15, -0.1) is 6.58 Å². The fraction of sp³-hybridized carbons (Fsp3) is 0.481. The number of carbonyl (C=O) groups excluding carboxylic acids is 1. The van der Waals surface area contributed by atoms with E-state index in [2.05, 4.69) is 21.8 Å². The van der Waals surface area contributed by atoms with E-state index in [4.69, 9.17) is 9.97 Å². The molecule has 1 N–H and O–H groups in total. The van der Waals surface area contributed by atoms with Gasteiger partial charge in [0, 0.05) is 51.3 Å². The number of carbonyl (C=O) groups is 1. The monoisotopic (exact) mass is 518 g/mol. The van der Waals surface area contributed by atoms with Crippen molar-refractivity contribution in [3.05, 3.63) is 58.9 Å². The van der Waals surface area contributed by atoms with Gasteiger partial charge in [0.2, 0.25) is 11.9 Å². The SMILES string of the molecule is C=CCNc1nc(N2CCN(C(=O)CCC3CCCC3)CC2)nc2c1ncn2Cc1ccc([N+](=O)[O-])cc1. The minimum absolute atomic E-state index is 0.0564. The van der Waals surface area contributed by atoms with E-state index in [0.717, 1.165) is 17.9 Å². The number of nitrogens with one attached hydrogen (secondary N) is 1. The predicted octanol–water partition coefficient (Wildman–Crippen LogP) is 4.00. The Balaban J connectivity index is 1.31. The molecule has 5 rings (SSSR count). The van der Waals surface area contributed by atoms with Crippen LogP contribution in [0.1, 0.15) is 44.1 Å². The number of imidazole rings is 1. The molecule has 3 heterocycles. The van der Waals surface area contributed by atoms with Crippen LogP contribution >= 0.6 is 0 Å². The first-order valence-electron chi connectivity index (χ1n) is 13.4. The quantitative estimate of drug-likeness (QED) is 0.243. The summed E-state index contributed by atoms with van der Waals surface area (Å²) in [5.74, 6) is 2.19. The first-order valence-corrected chi connectivity index (χ1v) is 13.4. The molecule has 1 aliphatic heterocycles. The zero-order valence-electron chi connectivity index (χ0n) is 21.6. The molecule has 1 saturated carbocycles. The number of nitro benzene ring substituents is 1. The molecular formula is C27H34N8O3. The van der Waals surface area contributed by atoms with Gasteiger partial charge in [0.1, 0.15) is 0 Å². The van der Waals surface area contributed by atoms with E-state index >= 15 is 0 Å². The molecule has 3 aromatic rings. The standard InChI is InChI=1S/C27H34N8O3/c1-2-13-28-25-24-26(34(19-29-24)18-21-7-10-22(11-8-21)35(37)38)31-27(30-25)33-16-14-32(15-17-33)23(36)12-9-20-5-3-4-6-20/h2,7-8,10-11,19-20H,1,3-6,9,12-18H2,(H,28,30,31). The van der Waals surface area contributed by atoms with Crippen LogP contribution in [0.2, 0.25) is 0 Å². The highest BCUT2D eigenvalue weighted by Gasteiger charge is 2.25. The second-order valence-corrected chi connectivity index (χ2v) is 10.1. The first kappa shape index (κ1) is 25.6. The third kappa shape index (κ3) is 5.76. The maximum Gasteiger partial charge on any atom is 0.269 e. The van der Waals surface area contributed by atoms with Crippen molar-refractivity contribution >= 4 is 34.5 Å². The molecule has 0 spiro atoms. The van der Waals surface area contributed by atoms with Gasteiger partial charge < -0.3 is 19.7 Å². The lowest BCUT2D eigenvalue weighted by molar-refractivity contribution is -0.384. The summed E-state index contributed by atoms with van der Waals surface area (Å²) < 4.78 is 1.92. The molecule has 11 nitrogen and oxygen atoms in total. The number of piperazine rings is 1. The molecule has 38 heavy (non-hydrogen) atoms. The van der Waals surface area contributed by atoms with Gasteiger partial charge in [-0.1, -0.05) is 43.9 Å². The van der Waals surface area contributed by atoms with Crippen molar-refractivity contribution in [3.63, 3.8) is 0 Å². The van der Waals surface area contributed by atoms with Crippen LogP contribution in [-0.2, 0) is 11.3 Å². The van der Waals surface area contributed by atoms with Crippen LogP contribution < -0.4 is 10.2 Å². The number of non-ortho nitro benzene ring substituents is 1. The summed E-state index contributed by atoms with van der Waals surface area (Å²) in [6, 6.07) is 6.48. The van der Waals surface area contributed by atoms with Crippen molar-refractivity contribution in [2.75, 3.05) is 42.9 Å². The van der Waals surface area contributed by atoms with E-state index in [9.17, 15) is 14.9 Å². The highest BCUT2D eigenvalue weighted by atomic mass is 16.6. The van der Waals surface area contributed by atoms with E-state index < -0.39 is 4.92 Å². The van der Waals surface area contributed by atoms with Gasteiger partial charge >= 0.3 is 0 Å². The lowest BCUT2D eigenvalue weighted by atomic mass is 10.0. The van der Waals surface area contributed by atoms with Crippen molar-refractivity contribution in [1.82, 2.24) is 24.4 Å². The van der Waals surface area contributed by atoms with Crippen molar-refractivity contribution in [3.8, 4) is 0 Å². The van der Waals surface area contributed by atoms with E-state index in [1.54, 1.807) is 24.5 Å². The number of fused-ring (bicyclic) bond motifs is 1. The van der Waals surface area contributed by atoms with Gasteiger partial charge in [-0.25, -0.2) is 4.98 Å². The summed E-state index contributed by atoms with van der Waals surface area (Å²) in [6.07, 6.45) is 10.3. The van der Waals surface area contributed by atoms with Crippen LogP contribution in [0.3, 0.4) is 0 Å². The van der Waals surface area contributed by atoms with Crippen LogP contribution in [0.4, 0.5) is 17.5 Å². The third-order valence-electron chi connectivity index (χ3n) is 7.52. The van der Waals surface area contributed by atoms with Crippen molar-refractivity contribution in [2.45, 2.75) is 45.1 Å². The Hall–Kier alpha value is -4.02. The van der Waals surface area contributed by atoms with Gasteiger partial charge in [-0.3, -0.25) is 14.9 Å². The summed E-state index contributed by atoms with van der Waals surface area (Å²) in [6.45, 7) is 7.43. The number of amides is 1. The molecule has 2 aliphatic rings. The summed E-state index contributed by atoms with van der Waals surface area (Å²) in [5.41, 5.74) is 2.29. The Morgan fingerprint density at radius 1 is 1.13 bits per heavy atom. The molecule has 1 aromatic carbocycles. The molecule has 1 amide bonds. The summed E-state index contributed by atoms with van der Waals surface area (Å²) in [7, 11) is 0. The first-order chi connectivity index (χ1) is 18.5. The maximum atomic E-state index is 12.8. The van der Waals surface area contributed by atoms with Gasteiger partial charge in [-0.05, 0) is 17.9 Å². The second-order valence-electron chi connectivity index (χ2n) is 10.1. The van der Waals surface area contributed by atoms with Crippen molar-refractivity contribution < 1.29 is 9.72 Å². The zero-order valence-corrected chi connectivity index (χ0v) is 21.6. The molecule has 0 radical (unpaired) electrons. The molecule has 0 unspecified atom stereocenters. The third-order valence-corrected chi connectivity index (χ3v) is 7.52. The molecule has 1 aliphatic carbocycles. The molecule has 11 heteroatoms. The van der Waals surface area contributed by atoms with Gasteiger partial charge in [-0.2, -0.15) is 9.97 Å². The Bertz CT molecular complexity index is 1290. The number of hydrogen-bond donors (Lipinski definition) is 1. The van der Waals surface area contributed by atoms with Crippen LogP contribution in [0.25, 0.3) is 11.2 Å². The Kier molecular flexibility index (Phi) is 7.81. The maximum absolute atomic E-state index is 12.8. The average Bonchev–Trinajstić information content (AvgIpc) is 3.61. The van der Waals surface area contributed by atoms with E-state index in [1.807, 2.05) is 9.47 Å². The molecule has 0 bridgehead atoms. The molecule has 2 fully saturated rings. The molecule has 1 saturated heterocycles. The van der Waals surface area contributed by atoms with Crippen molar-refractivity contribution in [2.24, 2.45) is 5.92 Å². The molecule has 200 valence electrons. The van der Waals surface area contributed by atoms with Crippen molar-refractivity contribution in [1.29, 1.82) is 0 Å². The number of nitrogens with zero attached hydrogens (tertiary/aromatic N) is 7. The fourth-order valence-corrected chi connectivity index (χ4v) is 5.34. The van der Waals surface area contributed by atoms with E-state index in [-0.39, 0.29) is 11.6 Å². The Morgan fingerprint density at radius 2 is 1.87 bits per heavy atom. The van der Waals surface area contributed by atoms with Crippen LogP contribution in [0.15, 0.2) is 43.2 Å². The minimum Gasteiger partial charge on any atom is -0.365 e. The molecule has 2 aromatic heterocycles. The van der Waals surface area contributed by atoms with E-state index in [1.165, 1.54) is 37.8 Å². The smallest absolute Gasteiger partial charge is 0.269 e. The number of rotatable bonds is 10. The highest BCUT2D eigenvalue weighted by Crippen LogP contribution is 2.29. The largest absolute Gasteiger partial charge is 0.365 e. The zero-order chi connectivity index (χ0) is 26.5. The number of aromatic nitrogens is 4. The molecular weight excluding hydrogens is 484 g/mol. The average molecular weight is 519 g/mol. The summed E-state index contributed by atoms with van der Waals surface area (Å²) >= 11 is 0. The molecule has 0 atom stereocenters. The number of hydrogen-bond acceptors (Lipinski definition) is 8. The number of nitro groups is 1. The fourth-order valence-electron chi connectivity index (χ4n) is 5.34. The number of anilines is 2. The van der Waals surface area contributed by atoms with Crippen LogP contribution in [-0.4, -0.2) is 68.0 Å². The van der Waals surface area contributed by atoms with E-state index in [0.29, 0.717) is 68.6 Å². The Labute approximate surface area is 221 Å². The van der Waals surface area contributed by atoms with Gasteiger partial charge in [0.15, 0.2) is 17.0 Å².